The van der Waals surface area contributed by atoms with Crippen molar-refractivity contribution in [3.05, 3.63) is 22.4 Å². The highest BCUT2D eigenvalue weighted by atomic mass is 32.2. The first kappa shape index (κ1) is 10.4. The molecule has 5 heteroatoms. The lowest BCUT2D eigenvalue weighted by atomic mass is 10.3. The van der Waals surface area contributed by atoms with Crippen LogP contribution in [0.2, 0.25) is 0 Å². The van der Waals surface area contributed by atoms with Crippen molar-refractivity contribution >= 4 is 34.0 Å². The van der Waals surface area contributed by atoms with E-state index in [9.17, 15) is 0 Å². The van der Waals surface area contributed by atoms with E-state index in [2.05, 4.69) is 32.6 Å². The molecule has 3 rings (SSSR count). The molecule has 0 bridgehead atoms. The molecule has 2 aliphatic rings. The molecule has 3 heterocycles. The Morgan fingerprint density at radius 1 is 1.19 bits per heavy atom. The van der Waals surface area contributed by atoms with Crippen molar-refractivity contribution in [1.82, 2.24) is 4.90 Å². The summed E-state index contributed by atoms with van der Waals surface area (Å²) in [5, 5.41) is 11.9. The molecule has 0 aromatic carbocycles. The fourth-order valence-corrected chi connectivity index (χ4v) is 3.66. The number of rotatable bonds is 1. The number of hydrogen-bond acceptors (Lipinski definition) is 5. The molecule has 0 unspecified atom stereocenters. The van der Waals surface area contributed by atoms with E-state index in [1.54, 1.807) is 11.3 Å². The van der Waals surface area contributed by atoms with E-state index in [4.69, 9.17) is 0 Å². The van der Waals surface area contributed by atoms with Crippen molar-refractivity contribution in [2.24, 2.45) is 10.2 Å². The third-order valence-electron chi connectivity index (χ3n) is 2.78. The summed E-state index contributed by atoms with van der Waals surface area (Å²) in [5.74, 6) is 0.954. The molecule has 0 radical (unpaired) electrons. The van der Waals surface area contributed by atoms with Gasteiger partial charge in [-0.05, 0) is 24.3 Å². The van der Waals surface area contributed by atoms with Crippen LogP contribution in [0.4, 0.5) is 0 Å². The SMILES string of the molecule is c1csc(C2=NN=C(N3CCCC3)SC2)c1. The number of likely N-dealkylation sites (tertiary alicyclic amines) is 1. The van der Waals surface area contributed by atoms with Crippen LogP contribution in [0.5, 0.6) is 0 Å². The molecule has 0 saturated carbocycles. The first-order valence-corrected chi connectivity index (χ1v) is 7.36. The Balaban J connectivity index is 1.77. The molecule has 1 aromatic rings. The number of thiophene rings is 1. The van der Waals surface area contributed by atoms with Gasteiger partial charge in [0.15, 0.2) is 5.17 Å². The standard InChI is InChI=1S/C11H13N3S2/c1-2-6-14(5-1)11-13-12-9(8-16-11)10-4-3-7-15-10/h3-4,7H,1-2,5-6,8H2. The second kappa shape index (κ2) is 4.59. The average molecular weight is 251 g/mol. The van der Waals surface area contributed by atoms with Crippen molar-refractivity contribution in [2.45, 2.75) is 12.8 Å². The van der Waals surface area contributed by atoms with Gasteiger partial charge in [-0.25, -0.2) is 0 Å². The fraction of sp³-hybridized carbons (Fsp3) is 0.455. The summed E-state index contributed by atoms with van der Waals surface area (Å²) >= 11 is 3.55. The zero-order chi connectivity index (χ0) is 10.8. The van der Waals surface area contributed by atoms with Crippen LogP contribution in [0.3, 0.4) is 0 Å². The van der Waals surface area contributed by atoms with Crippen molar-refractivity contribution in [3.8, 4) is 0 Å². The van der Waals surface area contributed by atoms with Crippen LogP contribution in [0.1, 0.15) is 17.7 Å². The van der Waals surface area contributed by atoms with Gasteiger partial charge in [-0.3, -0.25) is 0 Å². The molecule has 0 amide bonds. The van der Waals surface area contributed by atoms with Crippen LogP contribution < -0.4 is 0 Å². The van der Waals surface area contributed by atoms with E-state index in [-0.39, 0.29) is 0 Å². The molecule has 0 N–H and O–H groups in total. The zero-order valence-electron chi connectivity index (χ0n) is 8.93. The summed E-state index contributed by atoms with van der Waals surface area (Å²) in [6, 6.07) is 4.17. The lowest BCUT2D eigenvalue weighted by molar-refractivity contribution is 0.528. The Kier molecular flexibility index (Phi) is 2.97. The molecule has 3 nitrogen and oxygen atoms in total. The lowest BCUT2D eigenvalue weighted by Gasteiger charge is -2.20. The summed E-state index contributed by atoms with van der Waals surface area (Å²) in [6.07, 6.45) is 2.59. The summed E-state index contributed by atoms with van der Waals surface area (Å²) in [6.45, 7) is 2.30. The van der Waals surface area contributed by atoms with Crippen molar-refractivity contribution in [2.75, 3.05) is 18.8 Å². The van der Waals surface area contributed by atoms with Gasteiger partial charge in [0.1, 0.15) is 0 Å². The van der Waals surface area contributed by atoms with Crippen LogP contribution in [-0.4, -0.2) is 34.6 Å². The highest BCUT2D eigenvalue weighted by Crippen LogP contribution is 2.22. The minimum absolute atomic E-state index is 0.954. The largest absolute Gasteiger partial charge is 0.350 e. The Morgan fingerprint density at radius 3 is 2.69 bits per heavy atom. The third-order valence-corrected chi connectivity index (χ3v) is 4.71. The van der Waals surface area contributed by atoms with Crippen LogP contribution >= 0.6 is 23.1 Å². The first-order valence-electron chi connectivity index (χ1n) is 5.49. The Bertz CT molecular complexity index is 416. The van der Waals surface area contributed by atoms with Gasteiger partial charge in [0.25, 0.3) is 0 Å². The smallest absolute Gasteiger partial charge is 0.186 e. The maximum atomic E-state index is 4.35. The molecule has 0 atom stereocenters. The van der Waals surface area contributed by atoms with Crippen LogP contribution in [0.25, 0.3) is 0 Å². The molecule has 1 saturated heterocycles. The minimum atomic E-state index is 0.954. The predicted octanol–water partition coefficient (Wildman–Crippen LogP) is 2.65. The highest BCUT2D eigenvalue weighted by Gasteiger charge is 2.20. The fourth-order valence-electron chi connectivity index (χ4n) is 1.92. The lowest BCUT2D eigenvalue weighted by Crippen LogP contribution is -2.27. The molecule has 0 aliphatic carbocycles. The maximum absolute atomic E-state index is 4.35. The van der Waals surface area contributed by atoms with Crippen molar-refractivity contribution in [1.29, 1.82) is 0 Å². The summed E-state index contributed by atoms with van der Waals surface area (Å²) < 4.78 is 0. The molecule has 1 aromatic heterocycles. The molecular weight excluding hydrogens is 238 g/mol. The van der Waals surface area contributed by atoms with Crippen LogP contribution in [0.15, 0.2) is 27.7 Å². The molecule has 1 fully saturated rings. The van der Waals surface area contributed by atoms with Gasteiger partial charge >= 0.3 is 0 Å². The number of thioether (sulfide) groups is 1. The molecule has 84 valence electrons. The summed E-state index contributed by atoms with van der Waals surface area (Å²) in [4.78, 5) is 3.59. The van der Waals surface area contributed by atoms with E-state index in [0.717, 1.165) is 29.7 Å². The monoisotopic (exact) mass is 251 g/mol. The first-order chi connectivity index (χ1) is 7.93. The minimum Gasteiger partial charge on any atom is -0.350 e. The average Bonchev–Trinajstić information content (AvgIpc) is 3.03. The summed E-state index contributed by atoms with van der Waals surface area (Å²) in [5.41, 5.74) is 1.11. The van der Waals surface area contributed by atoms with E-state index in [1.807, 2.05) is 11.8 Å². The predicted molar refractivity (Wildman–Crippen MR) is 71.6 cm³/mol. The van der Waals surface area contributed by atoms with E-state index in [1.165, 1.54) is 17.7 Å². The second-order valence-electron chi connectivity index (χ2n) is 3.89. The Morgan fingerprint density at radius 2 is 2.06 bits per heavy atom. The van der Waals surface area contributed by atoms with Gasteiger partial charge in [0.05, 0.1) is 10.6 Å². The molecule has 16 heavy (non-hydrogen) atoms. The highest BCUT2D eigenvalue weighted by molar-refractivity contribution is 8.14. The molecule has 2 aliphatic heterocycles. The van der Waals surface area contributed by atoms with Crippen molar-refractivity contribution < 1.29 is 0 Å². The Labute approximate surface area is 103 Å². The third kappa shape index (κ3) is 2.01. The van der Waals surface area contributed by atoms with E-state index < -0.39 is 0 Å². The van der Waals surface area contributed by atoms with Gasteiger partial charge in [-0.15, -0.1) is 16.4 Å². The number of hydrogen-bond donors (Lipinski definition) is 0. The maximum Gasteiger partial charge on any atom is 0.186 e. The number of nitrogens with zero attached hydrogens (tertiary/aromatic N) is 3. The van der Waals surface area contributed by atoms with Gasteiger partial charge in [0.2, 0.25) is 0 Å². The molecule has 0 spiro atoms. The zero-order valence-corrected chi connectivity index (χ0v) is 10.6. The molecular formula is C11H13N3S2. The van der Waals surface area contributed by atoms with Crippen LogP contribution in [-0.2, 0) is 0 Å². The van der Waals surface area contributed by atoms with Crippen molar-refractivity contribution in [3.63, 3.8) is 0 Å². The van der Waals surface area contributed by atoms with Gasteiger partial charge in [-0.1, -0.05) is 17.8 Å². The topological polar surface area (TPSA) is 28.0 Å². The van der Waals surface area contributed by atoms with Gasteiger partial charge < -0.3 is 4.90 Å². The van der Waals surface area contributed by atoms with Crippen LogP contribution in [0, 0.1) is 0 Å². The van der Waals surface area contributed by atoms with Gasteiger partial charge in [-0.2, -0.15) is 5.10 Å². The van der Waals surface area contributed by atoms with E-state index >= 15 is 0 Å². The second-order valence-corrected chi connectivity index (χ2v) is 5.78. The summed E-state index contributed by atoms with van der Waals surface area (Å²) in [7, 11) is 0. The normalized spacial score (nSPS) is 20.9. The number of amidine groups is 1. The Hall–Kier alpha value is -0.810. The van der Waals surface area contributed by atoms with E-state index in [0.29, 0.717) is 0 Å². The van der Waals surface area contributed by atoms with Gasteiger partial charge in [0, 0.05) is 18.8 Å². The quantitative estimate of drug-likeness (QED) is 0.767.